The molecule has 1 aliphatic heterocycles. The molecular weight excluding hydrogens is 266 g/mol. The molecule has 0 aromatic carbocycles. The molecule has 1 amide bonds. The molecule has 1 saturated heterocycles. The maximum atomic E-state index is 12.1. The summed E-state index contributed by atoms with van der Waals surface area (Å²) in [4.78, 5) is 18.0. The minimum Gasteiger partial charge on any atom is -0.444 e. The van der Waals surface area contributed by atoms with Crippen molar-refractivity contribution in [2.75, 3.05) is 13.1 Å². The third-order valence-electron chi connectivity index (χ3n) is 3.39. The first-order chi connectivity index (χ1) is 9.94. The maximum Gasteiger partial charge on any atom is 0.410 e. The van der Waals surface area contributed by atoms with Crippen molar-refractivity contribution >= 4 is 6.09 Å². The van der Waals surface area contributed by atoms with Gasteiger partial charge < -0.3 is 15.0 Å². The van der Waals surface area contributed by atoms with Gasteiger partial charge in [0.1, 0.15) is 5.60 Å². The molecule has 0 bridgehead atoms. The van der Waals surface area contributed by atoms with Gasteiger partial charge in [-0.2, -0.15) is 0 Å². The molecule has 5 nitrogen and oxygen atoms in total. The molecule has 1 N–H and O–H groups in total. The quantitative estimate of drug-likeness (QED) is 0.930. The van der Waals surface area contributed by atoms with Gasteiger partial charge in [-0.3, -0.25) is 4.98 Å². The van der Waals surface area contributed by atoms with Crippen molar-refractivity contribution in [2.24, 2.45) is 0 Å². The highest BCUT2D eigenvalue weighted by atomic mass is 16.6. The van der Waals surface area contributed by atoms with Gasteiger partial charge in [-0.15, -0.1) is 0 Å². The molecule has 1 fully saturated rings. The van der Waals surface area contributed by atoms with Crippen LogP contribution >= 0.6 is 0 Å². The predicted molar refractivity (Wildman–Crippen MR) is 81.9 cm³/mol. The molecule has 0 unspecified atom stereocenters. The summed E-state index contributed by atoms with van der Waals surface area (Å²) in [6, 6.07) is 4.30. The van der Waals surface area contributed by atoms with Crippen LogP contribution in [0.3, 0.4) is 0 Å². The summed E-state index contributed by atoms with van der Waals surface area (Å²) >= 11 is 0. The molecule has 21 heavy (non-hydrogen) atoms. The van der Waals surface area contributed by atoms with Crippen LogP contribution in [0.1, 0.15) is 39.2 Å². The fourth-order valence-electron chi connectivity index (χ4n) is 2.40. The Labute approximate surface area is 126 Å². The van der Waals surface area contributed by atoms with Crippen molar-refractivity contribution in [2.45, 2.75) is 51.8 Å². The highest BCUT2D eigenvalue weighted by Crippen LogP contribution is 2.15. The SMILES string of the molecule is CC(C)(C)OC(=O)N1CCC[C@H](NCc2cccnc2)C1. The molecular formula is C16H25N3O2. The number of rotatable bonds is 3. The van der Waals surface area contributed by atoms with Crippen LogP contribution < -0.4 is 5.32 Å². The molecule has 0 aliphatic carbocycles. The molecule has 0 spiro atoms. The largest absolute Gasteiger partial charge is 0.444 e. The third-order valence-corrected chi connectivity index (χ3v) is 3.39. The summed E-state index contributed by atoms with van der Waals surface area (Å²) in [5.41, 5.74) is 0.722. The van der Waals surface area contributed by atoms with Crippen molar-refractivity contribution < 1.29 is 9.53 Å². The highest BCUT2D eigenvalue weighted by Gasteiger charge is 2.27. The zero-order valence-electron chi connectivity index (χ0n) is 13.1. The third kappa shape index (κ3) is 5.34. The predicted octanol–water partition coefficient (Wildman–Crippen LogP) is 2.57. The van der Waals surface area contributed by atoms with E-state index >= 15 is 0 Å². The van der Waals surface area contributed by atoms with Crippen LogP contribution in [-0.2, 0) is 11.3 Å². The maximum absolute atomic E-state index is 12.1. The molecule has 2 rings (SSSR count). The normalized spacial score (nSPS) is 19.4. The molecule has 1 atom stereocenters. The van der Waals surface area contributed by atoms with Crippen LogP contribution in [-0.4, -0.2) is 40.7 Å². The number of nitrogens with one attached hydrogen (secondary N) is 1. The second-order valence-electron chi connectivity index (χ2n) is 6.51. The Morgan fingerprint density at radius 1 is 1.52 bits per heavy atom. The number of amides is 1. The first-order valence-electron chi connectivity index (χ1n) is 7.54. The van der Waals surface area contributed by atoms with Crippen LogP contribution in [0.5, 0.6) is 0 Å². The Kier molecular flexibility index (Phi) is 5.17. The van der Waals surface area contributed by atoms with E-state index in [0.29, 0.717) is 12.6 Å². The van der Waals surface area contributed by atoms with Crippen molar-refractivity contribution in [3.05, 3.63) is 30.1 Å². The summed E-state index contributed by atoms with van der Waals surface area (Å²) < 4.78 is 5.44. The Hall–Kier alpha value is -1.62. The van der Waals surface area contributed by atoms with Gasteiger partial charge in [-0.25, -0.2) is 4.79 Å². The molecule has 5 heteroatoms. The topological polar surface area (TPSA) is 54.5 Å². The Morgan fingerprint density at radius 2 is 2.33 bits per heavy atom. The summed E-state index contributed by atoms with van der Waals surface area (Å²) in [7, 11) is 0. The van der Waals surface area contributed by atoms with Crippen LogP contribution in [0.25, 0.3) is 0 Å². The number of carbonyl (C=O) groups excluding carboxylic acids is 1. The lowest BCUT2D eigenvalue weighted by molar-refractivity contribution is 0.0187. The monoisotopic (exact) mass is 291 g/mol. The summed E-state index contributed by atoms with van der Waals surface area (Å²) in [5, 5.41) is 3.50. The van der Waals surface area contributed by atoms with Gasteiger partial charge in [-0.1, -0.05) is 6.07 Å². The summed E-state index contributed by atoms with van der Waals surface area (Å²) in [6.45, 7) is 7.95. The fraction of sp³-hybridized carbons (Fsp3) is 0.625. The van der Waals surface area contributed by atoms with E-state index in [4.69, 9.17) is 4.74 Å². The van der Waals surface area contributed by atoms with Gasteiger partial charge in [0, 0.05) is 38.1 Å². The van der Waals surface area contributed by atoms with Crippen LogP contribution in [0.4, 0.5) is 4.79 Å². The number of aromatic nitrogens is 1. The zero-order valence-corrected chi connectivity index (χ0v) is 13.1. The molecule has 1 aromatic rings. The van der Waals surface area contributed by atoms with E-state index in [0.717, 1.165) is 31.5 Å². The number of carbonyl (C=O) groups is 1. The van der Waals surface area contributed by atoms with Gasteiger partial charge in [-0.05, 0) is 45.2 Å². The number of hydrogen-bond donors (Lipinski definition) is 1. The number of nitrogens with zero attached hydrogens (tertiary/aromatic N) is 2. The van der Waals surface area contributed by atoms with Gasteiger partial charge in [0.2, 0.25) is 0 Å². The lowest BCUT2D eigenvalue weighted by Crippen LogP contribution is -2.49. The molecule has 1 aliphatic rings. The number of ether oxygens (including phenoxy) is 1. The summed E-state index contributed by atoms with van der Waals surface area (Å²) in [5.74, 6) is 0. The van der Waals surface area contributed by atoms with E-state index in [1.165, 1.54) is 0 Å². The number of hydrogen-bond acceptors (Lipinski definition) is 4. The van der Waals surface area contributed by atoms with Gasteiger partial charge in [0.15, 0.2) is 0 Å². The number of pyridine rings is 1. The van der Waals surface area contributed by atoms with Crippen molar-refractivity contribution in [1.82, 2.24) is 15.2 Å². The van der Waals surface area contributed by atoms with Crippen molar-refractivity contribution in [1.29, 1.82) is 0 Å². The van der Waals surface area contributed by atoms with Crippen LogP contribution in [0.2, 0.25) is 0 Å². The lowest BCUT2D eigenvalue weighted by atomic mass is 10.1. The molecule has 116 valence electrons. The minimum absolute atomic E-state index is 0.213. The molecule has 0 radical (unpaired) electrons. The van der Waals surface area contributed by atoms with E-state index in [1.807, 2.05) is 33.0 Å². The number of piperidine rings is 1. The highest BCUT2D eigenvalue weighted by molar-refractivity contribution is 5.68. The van der Waals surface area contributed by atoms with Crippen LogP contribution in [0, 0.1) is 0 Å². The molecule has 0 saturated carbocycles. The Morgan fingerprint density at radius 3 is 3.00 bits per heavy atom. The minimum atomic E-state index is -0.437. The zero-order chi connectivity index (χ0) is 15.3. The van der Waals surface area contributed by atoms with E-state index in [-0.39, 0.29) is 6.09 Å². The van der Waals surface area contributed by atoms with Gasteiger partial charge in [0.05, 0.1) is 0 Å². The molecule has 1 aromatic heterocycles. The Balaban J connectivity index is 1.82. The van der Waals surface area contributed by atoms with E-state index in [1.54, 1.807) is 11.1 Å². The van der Waals surface area contributed by atoms with E-state index < -0.39 is 5.60 Å². The van der Waals surface area contributed by atoms with Crippen molar-refractivity contribution in [3.8, 4) is 0 Å². The number of likely N-dealkylation sites (tertiary alicyclic amines) is 1. The standard InChI is InChI=1S/C16H25N3O2/c1-16(2,3)21-15(20)19-9-5-7-14(12-19)18-11-13-6-4-8-17-10-13/h4,6,8,10,14,18H,5,7,9,11-12H2,1-3H3/t14-/m0/s1. The second kappa shape index (κ2) is 6.89. The van der Waals surface area contributed by atoms with Gasteiger partial charge in [0.25, 0.3) is 0 Å². The smallest absolute Gasteiger partial charge is 0.410 e. The van der Waals surface area contributed by atoms with Gasteiger partial charge >= 0.3 is 6.09 Å². The first kappa shape index (κ1) is 15.8. The van der Waals surface area contributed by atoms with Crippen LogP contribution in [0.15, 0.2) is 24.5 Å². The Bertz CT molecular complexity index is 456. The average molecular weight is 291 g/mol. The molecule has 2 heterocycles. The lowest BCUT2D eigenvalue weighted by Gasteiger charge is -2.34. The fourth-order valence-corrected chi connectivity index (χ4v) is 2.40. The second-order valence-corrected chi connectivity index (χ2v) is 6.51. The average Bonchev–Trinajstić information content (AvgIpc) is 2.45. The van der Waals surface area contributed by atoms with E-state index in [9.17, 15) is 4.79 Å². The van der Waals surface area contributed by atoms with Crippen molar-refractivity contribution in [3.63, 3.8) is 0 Å². The summed E-state index contributed by atoms with van der Waals surface area (Å²) in [6.07, 6.45) is 5.51. The van der Waals surface area contributed by atoms with E-state index in [2.05, 4.69) is 16.4 Å². The first-order valence-corrected chi connectivity index (χ1v) is 7.54.